The zero-order valence-corrected chi connectivity index (χ0v) is 16.3. The number of benzene rings is 2. The normalized spacial score (nSPS) is 16.9. The van der Waals surface area contributed by atoms with Gasteiger partial charge in [-0.05, 0) is 47.6 Å². The van der Waals surface area contributed by atoms with E-state index in [0.717, 1.165) is 15.6 Å². The molecule has 0 unspecified atom stereocenters. The number of thiocarbonyl (C=S) groups is 1. The third-order valence-electron chi connectivity index (χ3n) is 3.81. The number of esters is 1. The van der Waals surface area contributed by atoms with Crippen LogP contribution in [0.5, 0.6) is 0 Å². The number of nitrogens with one attached hydrogen (secondary N) is 2. The van der Waals surface area contributed by atoms with E-state index in [0.29, 0.717) is 21.4 Å². The van der Waals surface area contributed by atoms with Gasteiger partial charge in [0.25, 0.3) is 0 Å². The number of hydrogen-bond donors (Lipinski definition) is 2. The average molecular weight is 438 g/mol. The summed E-state index contributed by atoms with van der Waals surface area (Å²) in [6.45, 7) is 0. The van der Waals surface area contributed by atoms with Gasteiger partial charge < -0.3 is 15.4 Å². The smallest absolute Gasteiger partial charge is 0.338 e. The number of ether oxygens (including phenoxy) is 1. The van der Waals surface area contributed by atoms with Gasteiger partial charge in [0.1, 0.15) is 0 Å². The summed E-state index contributed by atoms with van der Waals surface area (Å²) in [5.74, 6) is -0.430. The first-order chi connectivity index (χ1) is 12.0. The Kier molecular flexibility index (Phi) is 5.42. The molecule has 1 heterocycles. The van der Waals surface area contributed by atoms with Crippen LogP contribution in [0, 0.1) is 0 Å². The minimum Gasteiger partial charge on any atom is -0.466 e. The average Bonchev–Trinajstić information content (AvgIpc) is 2.61. The Morgan fingerprint density at radius 3 is 2.40 bits per heavy atom. The molecule has 0 aromatic heterocycles. The van der Waals surface area contributed by atoms with Crippen molar-refractivity contribution in [3.63, 3.8) is 0 Å². The predicted octanol–water partition coefficient (Wildman–Crippen LogP) is 4.21. The topological polar surface area (TPSA) is 50.4 Å². The zero-order valence-electron chi connectivity index (χ0n) is 13.2. The largest absolute Gasteiger partial charge is 0.466 e. The molecule has 0 spiro atoms. The second-order valence-electron chi connectivity index (χ2n) is 5.37. The summed E-state index contributed by atoms with van der Waals surface area (Å²) < 4.78 is 5.97. The highest BCUT2D eigenvalue weighted by molar-refractivity contribution is 9.10. The van der Waals surface area contributed by atoms with E-state index in [1.807, 2.05) is 36.4 Å². The Balaban J connectivity index is 2.17. The van der Waals surface area contributed by atoms with Gasteiger partial charge in [-0.15, -0.1) is 0 Å². The fourth-order valence-corrected chi connectivity index (χ4v) is 3.25. The Labute approximate surface area is 164 Å². The first-order valence-corrected chi connectivity index (χ1v) is 8.99. The molecule has 0 saturated heterocycles. The number of carbonyl (C=O) groups excluding carboxylic acids is 1. The molecule has 2 aromatic carbocycles. The van der Waals surface area contributed by atoms with Crippen LogP contribution in [0.3, 0.4) is 0 Å². The maximum Gasteiger partial charge on any atom is 0.338 e. The van der Waals surface area contributed by atoms with Crippen LogP contribution >= 0.6 is 39.7 Å². The van der Waals surface area contributed by atoms with Crippen molar-refractivity contribution in [3.05, 3.63) is 74.7 Å². The fraction of sp³-hybridized carbons (Fsp3) is 0.111. The van der Waals surface area contributed by atoms with Gasteiger partial charge in [0.15, 0.2) is 5.11 Å². The molecule has 1 aliphatic heterocycles. The Hall–Kier alpha value is -1.89. The lowest BCUT2D eigenvalue weighted by Gasteiger charge is -2.31. The molecule has 0 aliphatic carbocycles. The maximum absolute atomic E-state index is 12.5. The minimum atomic E-state index is -0.430. The Bertz CT molecular complexity index is 850. The van der Waals surface area contributed by atoms with E-state index in [1.54, 1.807) is 12.1 Å². The van der Waals surface area contributed by atoms with Crippen molar-refractivity contribution in [2.75, 3.05) is 7.11 Å². The third-order valence-corrected chi connectivity index (χ3v) is 4.81. The van der Waals surface area contributed by atoms with Crippen LogP contribution in [-0.2, 0) is 9.53 Å². The maximum atomic E-state index is 12.5. The molecule has 3 rings (SSSR count). The van der Waals surface area contributed by atoms with E-state index >= 15 is 0 Å². The minimum absolute atomic E-state index is 0.417. The van der Waals surface area contributed by atoms with Crippen LogP contribution in [0.2, 0.25) is 5.02 Å². The summed E-state index contributed by atoms with van der Waals surface area (Å²) in [6.07, 6.45) is 0. The van der Waals surface area contributed by atoms with Crippen molar-refractivity contribution in [1.29, 1.82) is 0 Å². The van der Waals surface area contributed by atoms with Crippen LogP contribution in [0.15, 0.2) is 58.6 Å². The molecule has 4 nitrogen and oxygen atoms in total. The highest BCUT2D eigenvalue weighted by Crippen LogP contribution is 2.32. The molecule has 2 N–H and O–H groups in total. The summed E-state index contributed by atoms with van der Waals surface area (Å²) in [5.41, 5.74) is 2.77. The molecule has 7 heteroatoms. The summed E-state index contributed by atoms with van der Waals surface area (Å²) in [4.78, 5) is 12.5. The summed E-state index contributed by atoms with van der Waals surface area (Å²) in [7, 11) is 1.36. The monoisotopic (exact) mass is 436 g/mol. The molecule has 0 saturated carbocycles. The summed E-state index contributed by atoms with van der Waals surface area (Å²) in [6, 6.07) is 14.5. The quantitative estimate of drug-likeness (QED) is 0.556. The number of halogens is 2. The van der Waals surface area contributed by atoms with E-state index in [1.165, 1.54) is 7.11 Å². The molecule has 0 bridgehead atoms. The van der Waals surface area contributed by atoms with Gasteiger partial charge in [-0.1, -0.05) is 51.8 Å². The van der Waals surface area contributed by atoms with Crippen molar-refractivity contribution >= 4 is 56.5 Å². The molecule has 2 aromatic rings. The standard InChI is InChI=1S/C18H14BrClN2O2S/c1-24-17(23)14-15(10-2-6-12(19)7-3-10)21-18(25)22-16(14)11-4-8-13(20)9-5-11/h2-9,15H,1H3,(H2,21,22,25)/t15-/m0/s1. The highest BCUT2D eigenvalue weighted by atomic mass is 79.9. The van der Waals surface area contributed by atoms with Gasteiger partial charge in [0.05, 0.1) is 24.4 Å². The van der Waals surface area contributed by atoms with Crippen molar-refractivity contribution < 1.29 is 9.53 Å². The van der Waals surface area contributed by atoms with Gasteiger partial charge in [-0.3, -0.25) is 0 Å². The lowest BCUT2D eigenvalue weighted by atomic mass is 9.93. The van der Waals surface area contributed by atoms with E-state index < -0.39 is 12.0 Å². The zero-order chi connectivity index (χ0) is 18.0. The first-order valence-electron chi connectivity index (χ1n) is 7.41. The van der Waals surface area contributed by atoms with Gasteiger partial charge >= 0.3 is 5.97 Å². The van der Waals surface area contributed by atoms with E-state index in [-0.39, 0.29) is 0 Å². The number of carbonyl (C=O) groups is 1. The SMILES string of the molecule is COC(=O)C1=C(c2ccc(Cl)cc2)NC(=S)N[C@H]1c1ccc(Br)cc1. The van der Waals surface area contributed by atoms with E-state index in [9.17, 15) is 4.79 Å². The lowest BCUT2D eigenvalue weighted by Crippen LogP contribution is -2.45. The predicted molar refractivity (Wildman–Crippen MR) is 106 cm³/mol. The van der Waals surface area contributed by atoms with Crippen molar-refractivity contribution in [1.82, 2.24) is 10.6 Å². The third kappa shape index (κ3) is 3.86. The summed E-state index contributed by atoms with van der Waals surface area (Å²) in [5, 5.41) is 7.28. The molecular formula is C18H14BrClN2O2S. The van der Waals surface area contributed by atoms with Gasteiger partial charge in [-0.2, -0.15) is 0 Å². The Morgan fingerprint density at radius 2 is 1.80 bits per heavy atom. The number of rotatable bonds is 3. The molecule has 128 valence electrons. The van der Waals surface area contributed by atoms with Crippen molar-refractivity contribution in [3.8, 4) is 0 Å². The molecule has 0 amide bonds. The van der Waals surface area contributed by atoms with Crippen molar-refractivity contribution in [2.24, 2.45) is 0 Å². The van der Waals surface area contributed by atoms with Crippen LogP contribution in [0.25, 0.3) is 5.70 Å². The number of methoxy groups -OCH3 is 1. The molecule has 0 fully saturated rings. The summed E-state index contributed by atoms with van der Waals surface area (Å²) >= 11 is 14.7. The van der Waals surface area contributed by atoms with E-state index in [4.69, 9.17) is 28.6 Å². The molecule has 1 aliphatic rings. The molecule has 0 radical (unpaired) electrons. The van der Waals surface area contributed by atoms with Crippen LogP contribution in [0.4, 0.5) is 0 Å². The van der Waals surface area contributed by atoms with Gasteiger partial charge in [0.2, 0.25) is 0 Å². The second kappa shape index (κ2) is 7.56. The molecular weight excluding hydrogens is 424 g/mol. The van der Waals surface area contributed by atoms with Crippen LogP contribution in [-0.4, -0.2) is 18.2 Å². The van der Waals surface area contributed by atoms with Crippen molar-refractivity contribution in [2.45, 2.75) is 6.04 Å². The second-order valence-corrected chi connectivity index (χ2v) is 7.13. The fourth-order valence-electron chi connectivity index (χ4n) is 2.64. The van der Waals surface area contributed by atoms with Crippen LogP contribution in [0.1, 0.15) is 17.2 Å². The molecule has 1 atom stereocenters. The Morgan fingerprint density at radius 1 is 1.16 bits per heavy atom. The van der Waals surface area contributed by atoms with Crippen LogP contribution < -0.4 is 10.6 Å². The highest BCUT2D eigenvalue weighted by Gasteiger charge is 2.32. The first kappa shape index (κ1) is 17.9. The van der Waals surface area contributed by atoms with Gasteiger partial charge in [0, 0.05) is 9.50 Å². The lowest BCUT2D eigenvalue weighted by molar-refractivity contribution is -0.136. The number of hydrogen-bond acceptors (Lipinski definition) is 3. The van der Waals surface area contributed by atoms with E-state index in [2.05, 4.69) is 26.6 Å². The molecule has 25 heavy (non-hydrogen) atoms. The van der Waals surface area contributed by atoms with Gasteiger partial charge in [-0.25, -0.2) is 4.79 Å².